The maximum Gasteiger partial charge on any atom is 0.338 e. The molecule has 1 aliphatic heterocycles. The van der Waals surface area contributed by atoms with Gasteiger partial charge in [0.1, 0.15) is 11.5 Å². The van der Waals surface area contributed by atoms with Crippen LogP contribution in [0, 0.1) is 0 Å². The van der Waals surface area contributed by atoms with Gasteiger partial charge in [-0.1, -0.05) is 39.4 Å². The molecule has 0 fully saturated rings. The molecule has 0 N–H and O–H groups in total. The van der Waals surface area contributed by atoms with Crippen molar-refractivity contribution in [3.8, 4) is 11.5 Å². The van der Waals surface area contributed by atoms with Crippen LogP contribution in [0.15, 0.2) is 68.0 Å². The van der Waals surface area contributed by atoms with E-state index in [1.807, 2.05) is 0 Å². The Labute approximate surface area is 223 Å². The van der Waals surface area contributed by atoms with Crippen molar-refractivity contribution in [2.45, 2.75) is 26.8 Å². The van der Waals surface area contributed by atoms with Crippen LogP contribution < -0.4 is 24.4 Å². The summed E-state index contributed by atoms with van der Waals surface area (Å²) in [5.41, 5.74) is 1.35. The normalized spacial score (nSPS) is 15.1. The minimum Gasteiger partial charge on any atom is -0.466 e. The van der Waals surface area contributed by atoms with E-state index in [1.54, 1.807) is 55.5 Å². The zero-order valence-corrected chi connectivity index (χ0v) is 22.6. The number of allylic oxidation sites excluding steroid dienone is 1. The minimum atomic E-state index is -0.826. The van der Waals surface area contributed by atoms with E-state index in [9.17, 15) is 19.2 Å². The van der Waals surface area contributed by atoms with Gasteiger partial charge in [0.15, 0.2) is 4.80 Å². The largest absolute Gasteiger partial charge is 0.466 e. The van der Waals surface area contributed by atoms with Gasteiger partial charge in [0.2, 0.25) is 0 Å². The van der Waals surface area contributed by atoms with Crippen molar-refractivity contribution in [1.29, 1.82) is 0 Å². The highest BCUT2D eigenvalue weighted by atomic mass is 79.9. The lowest BCUT2D eigenvalue weighted by Crippen LogP contribution is -2.39. The third-order valence-electron chi connectivity index (χ3n) is 5.40. The van der Waals surface area contributed by atoms with Gasteiger partial charge in [0, 0.05) is 23.9 Å². The Morgan fingerprint density at radius 3 is 2.35 bits per heavy atom. The second-order valence-corrected chi connectivity index (χ2v) is 9.94. The van der Waals surface area contributed by atoms with Gasteiger partial charge in [-0.15, -0.1) is 0 Å². The summed E-state index contributed by atoms with van der Waals surface area (Å²) in [7, 11) is 1.26. The summed E-state index contributed by atoms with van der Waals surface area (Å²) in [6.07, 6.45) is 1.62. The molecule has 9 nitrogen and oxygen atoms in total. The fourth-order valence-electron chi connectivity index (χ4n) is 3.91. The van der Waals surface area contributed by atoms with Gasteiger partial charge in [-0.3, -0.25) is 19.0 Å². The molecule has 0 aliphatic carbocycles. The number of methoxy groups -OCH3 is 1. The fraction of sp³-hybridized carbons (Fsp3) is 0.192. The first-order chi connectivity index (χ1) is 17.6. The zero-order chi connectivity index (χ0) is 26.9. The number of fused-ring (bicyclic) bond motifs is 1. The van der Waals surface area contributed by atoms with Gasteiger partial charge >= 0.3 is 17.9 Å². The lowest BCUT2D eigenvalue weighted by Gasteiger charge is -2.24. The zero-order valence-electron chi connectivity index (χ0n) is 20.2. The average Bonchev–Trinajstić information content (AvgIpc) is 3.13. The maximum atomic E-state index is 13.7. The summed E-state index contributed by atoms with van der Waals surface area (Å²) in [6.45, 7) is 4.27. The van der Waals surface area contributed by atoms with Crippen LogP contribution in [-0.2, 0) is 19.1 Å². The van der Waals surface area contributed by atoms with Gasteiger partial charge in [-0.25, -0.2) is 9.79 Å². The van der Waals surface area contributed by atoms with Crippen LogP contribution in [0.3, 0.4) is 0 Å². The number of benzene rings is 2. The molecule has 0 saturated heterocycles. The number of hydrogen-bond acceptors (Lipinski definition) is 9. The molecule has 37 heavy (non-hydrogen) atoms. The molecule has 190 valence electrons. The molecule has 11 heteroatoms. The second-order valence-electron chi connectivity index (χ2n) is 8.01. The molecule has 1 aromatic heterocycles. The fourth-order valence-corrected chi connectivity index (χ4v) is 5.33. The molecule has 1 aliphatic rings. The molecular weight excluding hydrogens is 564 g/mol. The smallest absolute Gasteiger partial charge is 0.338 e. The van der Waals surface area contributed by atoms with Crippen molar-refractivity contribution in [1.82, 2.24) is 4.57 Å². The lowest BCUT2D eigenvalue weighted by molar-refractivity contribution is -0.136. The number of rotatable bonds is 5. The van der Waals surface area contributed by atoms with E-state index in [1.165, 1.54) is 25.5 Å². The maximum absolute atomic E-state index is 13.7. The number of aromatic nitrogens is 1. The van der Waals surface area contributed by atoms with E-state index in [-0.39, 0.29) is 11.1 Å². The number of nitrogens with zero attached hydrogens (tertiary/aromatic N) is 2. The number of ether oxygens (including phenoxy) is 3. The Kier molecular flexibility index (Phi) is 7.55. The Hall–Kier alpha value is -3.83. The number of carbonyl (C=O) groups is 3. The molecule has 4 rings (SSSR count). The molecule has 1 atom stereocenters. The molecule has 0 saturated carbocycles. The molecule has 2 heterocycles. The van der Waals surface area contributed by atoms with E-state index in [0.29, 0.717) is 37.7 Å². The van der Waals surface area contributed by atoms with Gasteiger partial charge < -0.3 is 14.2 Å². The highest BCUT2D eigenvalue weighted by Crippen LogP contribution is 2.31. The van der Waals surface area contributed by atoms with Crippen LogP contribution in [0.4, 0.5) is 0 Å². The van der Waals surface area contributed by atoms with Crippen LogP contribution in [0.5, 0.6) is 11.5 Å². The third kappa shape index (κ3) is 5.47. The summed E-state index contributed by atoms with van der Waals surface area (Å²) in [5.74, 6) is -0.947. The van der Waals surface area contributed by atoms with Crippen LogP contribution >= 0.6 is 27.3 Å². The van der Waals surface area contributed by atoms with Gasteiger partial charge in [-0.2, -0.15) is 0 Å². The molecule has 0 spiro atoms. The van der Waals surface area contributed by atoms with E-state index in [4.69, 9.17) is 14.2 Å². The first-order valence-electron chi connectivity index (χ1n) is 11.0. The van der Waals surface area contributed by atoms with Crippen LogP contribution in [-0.4, -0.2) is 29.6 Å². The molecular formula is C26H21BrN2O7S. The van der Waals surface area contributed by atoms with E-state index in [0.717, 1.165) is 15.8 Å². The van der Waals surface area contributed by atoms with Gasteiger partial charge in [-0.05, 0) is 48.9 Å². The summed E-state index contributed by atoms with van der Waals surface area (Å²) < 4.78 is 17.9. The lowest BCUT2D eigenvalue weighted by atomic mass is 9.96. The highest BCUT2D eigenvalue weighted by molar-refractivity contribution is 9.10. The van der Waals surface area contributed by atoms with Crippen molar-refractivity contribution < 1.29 is 28.6 Å². The first-order valence-corrected chi connectivity index (χ1v) is 12.6. The number of halogens is 1. The summed E-state index contributed by atoms with van der Waals surface area (Å²) in [4.78, 5) is 54.3. The third-order valence-corrected chi connectivity index (χ3v) is 6.87. The monoisotopic (exact) mass is 584 g/mol. The molecule has 0 bridgehead atoms. The van der Waals surface area contributed by atoms with E-state index in [2.05, 4.69) is 20.9 Å². The van der Waals surface area contributed by atoms with Crippen LogP contribution in [0.2, 0.25) is 0 Å². The predicted octanol–water partition coefficient (Wildman–Crippen LogP) is 3.02. The summed E-state index contributed by atoms with van der Waals surface area (Å²) >= 11 is 4.55. The van der Waals surface area contributed by atoms with Crippen molar-refractivity contribution in [2.75, 3.05) is 7.11 Å². The van der Waals surface area contributed by atoms with Gasteiger partial charge in [0.25, 0.3) is 5.56 Å². The molecule has 0 radical (unpaired) electrons. The van der Waals surface area contributed by atoms with Crippen LogP contribution in [0.1, 0.15) is 37.9 Å². The standard InChI is InChI=1S/C26H21BrN2O7S/c1-13-22(25(33)34-4)23(16-5-8-19(9-6-16)35-14(2)30)29-24(32)21(37-26(29)28-13)12-17-11-18(27)7-10-20(17)36-15(3)31/h5-12,23H,1-4H3/b21-12-/t23-/m0/s1. The quantitative estimate of drug-likeness (QED) is 0.334. The molecule has 0 amide bonds. The summed E-state index contributed by atoms with van der Waals surface area (Å²) in [6, 6.07) is 10.8. The minimum absolute atomic E-state index is 0.213. The SMILES string of the molecule is COC(=O)C1=C(C)N=c2s/c(=C\c3cc(Br)ccc3OC(C)=O)c(=O)n2[C@H]1c1ccc(OC(C)=O)cc1. The Balaban J connectivity index is 1.92. The second kappa shape index (κ2) is 10.7. The number of hydrogen-bond donors (Lipinski definition) is 0. The Bertz CT molecular complexity index is 1630. The Morgan fingerprint density at radius 1 is 1.05 bits per heavy atom. The molecule has 0 unspecified atom stereocenters. The summed E-state index contributed by atoms with van der Waals surface area (Å²) in [5, 5.41) is 0. The first kappa shape index (κ1) is 26.2. The van der Waals surface area contributed by atoms with E-state index < -0.39 is 23.9 Å². The highest BCUT2D eigenvalue weighted by Gasteiger charge is 2.33. The van der Waals surface area contributed by atoms with E-state index >= 15 is 0 Å². The van der Waals surface area contributed by atoms with Crippen LogP contribution in [0.25, 0.3) is 6.08 Å². The Morgan fingerprint density at radius 2 is 1.73 bits per heavy atom. The van der Waals surface area contributed by atoms with Crippen molar-refractivity contribution in [3.63, 3.8) is 0 Å². The number of carbonyl (C=O) groups excluding carboxylic acids is 3. The number of esters is 3. The predicted molar refractivity (Wildman–Crippen MR) is 139 cm³/mol. The molecule has 3 aromatic rings. The van der Waals surface area contributed by atoms with Crippen molar-refractivity contribution in [2.24, 2.45) is 4.99 Å². The average molecular weight is 585 g/mol. The van der Waals surface area contributed by atoms with Crippen molar-refractivity contribution >= 4 is 51.3 Å². The topological polar surface area (TPSA) is 113 Å². The van der Waals surface area contributed by atoms with Crippen molar-refractivity contribution in [3.05, 3.63) is 89.0 Å². The van der Waals surface area contributed by atoms with Gasteiger partial charge in [0.05, 0.1) is 29.0 Å². The number of thiazole rings is 1. The molecule has 2 aromatic carbocycles.